The van der Waals surface area contributed by atoms with E-state index in [4.69, 9.17) is 9.47 Å². The van der Waals surface area contributed by atoms with Crippen molar-refractivity contribution in [3.63, 3.8) is 0 Å². The predicted octanol–water partition coefficient (Wildman–Crippen LogP) is 2.73. The number of rotatable bonds is 5. The molecule has 0 saturated carbocycles. The molecule has 1 atom stereocenters. The van der Waals surface area contributed by atoms with Gasteiger partial charge in [0.1, 0.15) is 23.3 Å². The summed E-state index contributed by atoms with van der Waals surface area (Å²) in [6.45, 7) is 4.94. The third kappa shape index (κ3) is 3.44. The molecule has 3 rings (SSSR count). The van der Waals surface area contributed by atoms with Gasteiger partial charge in [0, 0.05) is 30.3 Å². The van der Waals surface area contributed by atoms with Gasteiger partial charge in [-0.15, -0.1) is 0 Å². The van der Waals surface area contributed by atoms with E-state index in [-0.39, 0.29) is 12.0 Å². The summed E-state index contributed by atoms with van der Waals surface area (Å²) in [5, 5.41) is 2.88. The Balaban J connectivity index is 1.76. The van der Waals surface area contributed by atoms with Crippen LogP contribution >= 0.6 is 0 Å². The van der Waals surface area contributed by atoms with Crippen LogP contribution in [-0.4, -0.2) is 23.6 Å². The summed E-state index contributed by atoms with van der Waals surface area (Å²) < 4.78 is 11.5. The Bertz CT molecular complexity index is 701. The predicted molar refractivity (Wildman–Crippen MR) is 86.8 cm³/mol. The smallest absolute Gasteiger partial charge is 0.270 e. The lowest BCUT2D eigenvalue weighted by Gasteiger charge is -2.13. The van der Waals surface area contributed by atoms with Crippen molar-refractivity contribution in [1.82, 2.24) is 10.3 Å². The number of hydrogen-bond acceptors (Lipinski definition) is 4. The molecule has 0 unspecified atom stereocenters. The van der Waals surface area contributed by atoms with Crippen LogP contribution in [0.3, 0.4) is 0 Å². The molecule has 2 heterocycles. The van der Waals surface area contributed by atoms with Crippen molar-refractivity contribution in [1.29, 1.82) is 0 Å². The van der Waals surface area contributed by atoms with E-state index in [1.807, 2.05) is 26.0 Å². The lowest BCUT2D eigenvalue weighted by Crippen LogP contribution is -2.24. The molecule has 1 amide bonds. The first kappa shape index (κ1) is 15.3. The van der Waals surface area contributed by atoms with Gasteiger partial charge in [-0.1, -0.05) is 6.07 Å². The van der Waals surface area contributed by atoms with Gasteiger partial charge in [-0.3, -0.25) is 9.78 Å². The van der Waals surface area contributed by atoms with Gasteiger partial charge in [-0.05, 0) is 38.1 Å². The molecule has 5 nitrogen and oxygen atoms in total. The molecule has 0 aliphatic carbocycles. The number of aromatic nitrogens is 1. The molecule has 0 spiro atoms. The summed E-state index contributed by atoms with van der Waals surface area (Å²) in [5.41, 5.74) is 2.46. The van der Waals surface area contributed by atoms with E-state index in [9.17, 15) is 4.79 Å². The summed E-state index contributed by atoms with van der Waals surface area (Å²) >= 11 is 0. The maximum atomic E-state index is 12.1. The molecule has 0 bridgehead atoms. The molecule has 2 aromatic rings. The highest BCUT2D eigenvalue weighted by Gasteiger charge is 2.22. The van der Waals surface area contributed by atoms with Crippen molar-refractivity contribution in [3.05, 3.63) is 53.3 Å². The number of hydrogen-bond donors (Lipinski definition) is 1. The topological polar surface area (TPSA) is 60.5 Å². The van der Waals surface area contributed by atoms with E-state index in [2.05, 4.69) is 10.3 Å². The maximum Gasteiger partial charge on any atom is 0.270 e. The average Bonchev–Trinajstić information content (AvgIpc) is 2.92. The number of ether oxygens (including phenoxy) is 2. The number of nitrogens with zero attached hydrogens (tertiary/aromatic N) is 1. The van der Waals surface area contributed by atoms with Crippen molar-refractivity contribution in [2.75, 3.05) is 6.61 Å². The van der Waals surface area contributed by atoms with Gasteiger partial charge < -0.3 is 14.8 Å². The van der Waals surface area contributed by atoms with Crippen molar-refractivity contribution in [2.24, 2.45) is 0 Å². The van der Waals surface area contributed by atoms with E-state index in [1.165, 1.54) is 0 Å². The number of carbonyl (C=O) groups excluding carboxylic acids is 1. The minimum Gasteiger partial charge on any atom is -0.494 e. The largest absolute Gasteiger partial charge is 0.494 e. The van der Waals surface area contributed by atoms with Crippen LogP contribution < -0.4 is 14.8 Å². The van der Waals surface area contributed by atoms with Gasteiger partial charge in [0.05, 0.1) is 6.61 Å². The van der Waals surface area contributed by atoms with E-state index in [1.54, 1.807) is 24.4 Å². The molecule has 5 heteroatoms. The van der Waals surface area contributed by atoms with Crippen molar-refractivity contribution < 1.29 is 14.3 Å². The van der Waals surface area contributed by atoms with Gasteiger partial charge in [0.2, 0.25) is 0 Å². The molecule has 0 radical (unpaired) electrons. The number of nitrogens with one attached hydrogen (secondary N) is 1. The van der Waals surface area contributed by atoms with Crippen molar-refractivity contribution >= 4 is 5.91 Å². The number of amides is 1. The van der Waals surface area contributed by atoms with Crippen LogP contribution in [0.5, 0.6) is 11.5 Å². The first-order chi connectivity index (χ1) is 11.2. The number of fused-ring (bicyclic) bond motifs is 1. The number of carbonyl (C=O) groups is 1. The monoisotopic (exact) mass is 312 g/mol. The van der Waals surface area contributed by atoms with Gasteiger partial charge in [-0.2, -0.15) is 0 Å². The van der Waals surface area contributed by atoms with E-state index in [0.717, 1.165) is 29.0 Å². The van der Waals surface area contributed by atoms with Crippen LogP contribution in [-0.2, 0) is 13.0 Å². The van der Waals surface area contributed by atoms with Gasteiger partial charge in [0.25, 0.3) is 5.91 Å². The number of pyridine rings is 1. The van der Waals surface area contributed by atoms with Crippen LogP contribution in [0, 0.1) is 0 Å². The molecule has 1 aromatic heterocycles. The number of benzene rings is 1. The second-order valence-electron chi connectivity index (χ2n) is 5.53. The Morgan fingerprint density at radius 3 is 3.04 bits per heavy atom. The van der Waals surface area contributed by atoms with Crippen molar-refractivity contribution in [3.8, 4) is 11.5 Å². The van der Waals surface area contributed by atoms with Gasteiger partial charge >= 0.3 is 0 Å². The molecular weight excluding hydrogens is 292 g/mol. The van der Waals surface area contributed by atoms with E-state index >= 15 is 0 Å². The summed E-state index contributed by atoms with van der Waals surface area (Å²) in [4.78, 5) is 16.2. The van der Waals surface area contributed by atoms with Crippen molar-refractivity contribution in [2.45, 2.75) is 32.9 Å². The highest BCUT2D eigenvalue weighted by molar-refractivity contribution is 5.92. The zero-order chi connectivity index (χ0) is 16.2. The van der Waals surface area contributed by atoms with Crippen LogP contribution in [0.4, 0.5) is 0 Å². The fraction of sp³-hybridized carbons (Fsp3) is 0.333. The summed E-state index contributed by atoms with van der Waals surface area (Å²) in [7, 11) is 0. The third-order valence-electron chi connectivity index (χ3n) is 3.72. The van der Waals surface area contributed by atoms with E-state index in [0.29, 0.717) is 18.8 Å². The lowest BCUT2D eigenvalue weighted by molar-refractivity contribution is 0.0945. The fourth-order valence-corrected chi connectivity index (χ4v) is 2.67. The van der Waals surface area contributed by atoms with Crippen LogP contribution in [0.25, 0.3) is 0 Å². The molecule has 1 aliphatic rings. The zero-order valence-electron chi connectivity index (χ0n) is 13.3. The summed E-state index contributed by atoms with van der Waals surface area (Å²) in [5.74, 6) is 1.47. The SMILES string of the molecule is CCOc1cc2c(cc1CNC(=O)c1ccccn1)O[C@H](C)C2. The Kier molecular flexibility index (Phi) is 4.46. The highest BCUT2D eigenvalue weighted by atomic mass is 16.5. The fourth-order valence-electron chi connectivity index (χ4n) is 2.67. The van der Waals surface area contributed by atoms with Gasteiger partial charge in [-0.25, -0.2) is 0 Å². The zero-order valence-corrected chi connectivity index (χ0v) is 13.3. The Hall–Kier alpha value is -2.56. The quantitative estimate of drug-likeness (QED) is 0.922. The van der Waals surface area contributed by atoms with Crippen LogP contribution in [0.15, 0.2) is 36.5 Å². The lowest BCUT2D eigenvalue weighted by atomic mass is 10.1. The molecule has 0 fully saturated rings. The molecule has 0 saturated heterocycles. The van der Waals surface area contributed by atoms with Gasteiger partial charge in [0.15, 0.2) is 0 Å². The third-order valence-corrected chi connectivity index (χ3v) is 3.72. The standard InChI is InChI=1S/C18H20N2O3/c1-3-22-16-9-13-8-12(2)23-17(13)10-14(16)11-20-18(21)15-6-4-5-7-19-15/h4-7,9-10,12H,3,8,11H2,1-2H3,(H,20,21)/t12-/m1/s1. The molecule has 120 valence electrons. The minimum absolute atomic E-state index is 0.179. The first-order valence-electron chi connectivity index (χ1n) is 7.82. The summed E-state index contributed by atoms with van der Waals surface area (Å²) in [6.07, 6.45) is 2.67. The second kappa shape index (κ2) is 6.69. The normalized spacial score (nSPS) is 15.7. The molecule has 1 N–H and O–H groups in total. The second-order valence-corrected chi connectivity index (χ2v) is 5.53. The Morgan fingerprint density at radius 2 is 2.30 bits per heavy atom. The van der Waals surface area contributed by atoms with Crippen LogP contribution in [0.2, 0.25) is 0 Å². The van der Waals surface area contributed by atoms with Crippen LogP contribution in [0.1, 0.15) is 35.5 Å². The molecular formula is C18H20N2O3. The maximum absolute atomic E-state index is 12.1. The Labute approximate surface area is 135 Å². The molecule has 1 aromatic carbocycles. The Morgan fingerprint density at radius 1 is 1.43 bits per heavy atom. The average molecular weight is 312 g/mol. The first-order valence-corrected chi connectivity index (χ1v) is 7.82. The minimum atomic E-state index is -0.206. The molecule has 1 aliphatic heterocycles. The molecule has 23 heavy (non-hydrogen) atoms. The van der Waals surface area contributed by atoms with E-state index < -0.39 is 0 Å². The summed E-state index contributed by atoms with van der Waals surface area (Å²) in [6, 6.07) is 9.24. The highest BCUT2D eigenvalue weighted by Crippen LogP contribution is 2.35.